The number of aryl methyl sites for hydroxylation is 2. The molecule has 0 unspecified atom stereocenters. The van der Waals surface area contributed by atoms with Gasteiger partial charge in [0.2, 0.25) is 5.91 Å². The molecule has 0 saturated carbocycles. The van der Waals surface area contributed by atoms with Crippen molar-refractivity contribution in [2.24, 2.45) is 0 Å². The molecule has 1 amide bonds. The van der Waals surface area contributed by atoms with Crippen LogP contribution in [-0.4, -0.2) is 16.6 Å². The van der Waals surface area contributed by atoms with Gasteiger partial charge in [-0.15, -0.1) is 0 Å². The number of nitrogens with one attached hydrogen (secondary N) is 1. The minimum Gasteiger partial charge on any atom is -0.325 e. The second-order valence-corrected chi connectivity index (χ2v) is 6.68. The van der Waals surface area contributed by atoms with E-state index in [-0.39, 0.29) is 5.91 Å². The number of thioether (sulfide) groups is 1. The van der Waals surface area contributed by atoms with Gasteiger partial charge >= 0.3 is 0 Å². The Balaban J connectivity index is 1.63. The zero-order valence-corrected chi connectivity index (χ0v) is 14.7. The summed E-state index contributed by atoms with van der Waals surface area (Å²) < 4.78 is 0. The van der Waals surface area contributed by atoms with Crippen LogP contribution in [0.15, 0.2) is 59.6 Å². The third kappa shape index (κ3) is 3.95. The van der Waals surface area contributed by atoms with E-state index in [9.17, 15) is 4.79 Å². The van der Waals surface area contributed by atoms with Crippen LogP contribution in [0.3, 0.4) is 0 Å². The van der Waals surface area contributed by atoms with E-state index in [2.05, 4.69) is 30.2 Å². The van der Waals surface area contributed by atoms with Crippen molar-refractivity contribution in [3.05, 3.63) is 65.7 Å². The molecule has 0 fully saturated rings. The molecule has 3 rings (SSSR count). The second-order valence-electron chi connectivity index (χ2n) is 5.68. The molecule has 0 aliphatic rings. The first-order valence-corrected chi connectivity index (χ1v) is 9.02. The van der Waals surface area contributed by atoms with Gasteiger partial charge in [0.05, 0.1) is 16.3 Å². The summed E-state index contributed by atoms with van der Waals surface area (Å²) >= 11 is 1.46. The number of benzene rings is 2. The molecule has 0 aliphatic heterocycles. The number of aromatic nitrogens is 1. The van der Waals surface area contributed by atoms with Crippen LogP contribution < -0.4 is 5.32 Å². The van der Waals surface area contributed by atoms with Crippen LogP contribution in [0.4, 0.5) is 5.69 Å². The number of carbonyl (C=O) groups is 1. The van der Waals surface area contributed by atoms with Gasteiger partial charge in [0.25, 0.3) is 0 Å². The van der Waals surface area contributed by atoms with Crippen molar-refractivity contribution < 1.29 is 4.79 Å². The summed E-state index contributed by atoms with van der Waals surface area (Å²) in [7, 11) is 0. The maximum Gasteiger partial charge on any atom is 0.234 e. The van der Waals surface area contributed by atoms with E-state index in [1.54, 1.807) is 0 Å². The topological polar surface area (TPSA) is 42.0 Å². The summed E-state index contributed by atoms with van der Waals surface area (Å²) in [6.07, 6.45) is 0.997. The molecular formula is C20H20N2OS. The molecule has 3 nitrogen and oxygen atoms in total. The number of rotatable bonds is 5. The van der Waals surface area contributed by atoms with Crippen molar-refractivity contribution in [3.63, 3.8) is 0 Å². The smallest absolute Gasteiger partial charge is 0.234 e. The molecule has 0 spiro atoms. The van der Waals surface area contributed by atoms with Gasteiger partial charge in [-0.05, 0) is 48.7 Å². The number of hydrogen-bond donors (Lipinski definition) is 1. The lowest BCUT2D eigenvalue weighted by Crippen LogP contribution is -2.14. The molecular weight excluding hydrogens is 316 g/mol. The van der Waals surface area contributed by atoms with E-state index in [0.29, 0.717) is 5.75 Å². The van der Waals surface area contributed by atoms with Gasteiger partial charge in [0.1, 0.15) is 0 Å². The van der Waals surface area contributed by atoms with E-state index < -0.39 is 0 Å². The van der Waals surface area contributed by atoms with Gasteiger partial charge in [0.15, 0.2) is 0 Å². The molecule has 2 aromatic carbocycles. The fraction of sp³-hybridized carbons (Fsp3) is 0.200. The Morgan fingerprint density at radius 3 is 2.62 bits per heavy atom. The molecule has 24 heavy (non-hydrogen) atoms. The third-order valence-corrected chi connectivity index (χ3v) is 4.81. The summed E-state index contributed by atoms with van der Waals surface area (Å²) in [5.41, 5.74) is 4.24. The Labute approximate surface area is 146 Å². The molecule has 1 heterocycles. The van der Waals surface area contributed by atoms with Crippen LogP contribution in [0.1, 0.15) is 18.1 Å². The highest BCUT2D eigenvalue weighted by Gasteiger charge is 2.07. The maximum atomic E-state index is 12.1. The average Bonchev–Trinajstić information content (AvgIpc) is 2.61. The SMILES string of the molecule is CCc1ccc(NC(=O)CSc2cc(C)c3ccccc3n2)cc1. The first kappa shape index (κ1) is 16.5. The van der Waals surface area contributed by atoms with Gasteiger partial charge in [0, 0.05) is 11.1 Å². The van der Waals surface area contributed by atoms with Crippen LogP contribution in [0, 0.1) is 6.92 Å². The highest BCUT2D eigenvalue weighted by Crippen LogP contribution is 2.23. The van der Waals surface area contributed by atoms with Gasteiger partial charge in [-0.2, -0.15) is 0 Å². The predicted molar refractivity (Wildman–Crippen MR) is 102 cm³/mol. The highest BCUT2D eigenvalue weighted by molar-refractivity contribution is 7.99. The summed E-state index contributed by atoms with van der Waals surface area (Å²) in [5, 5.41) is 4.96. The van der Waals surface area contributed by atoms with E-state index in [1.807, 2.05) is 48.5 Å². The summed E-state index contributed by atoms with van der Waals surface area (Å²) in [4.78, 5) is 16.7. The maximum absolute atomic E-state index is 12.1. The molecule has 0 aliphatic carbocycles. The molecule has 3 aromatic rings. The van der Waals surface area contributed by atoms with Crippen LogP contribution in [0.5, 0.6) is 0 Å². The Bertz CT molecular complexity index is 859. The first-order valence-electron chi connectivity index (χ1n) is 8.03. The number of nitrogens with zero attached hydrogens (tertiary/aromatic N) is 1. The Kier molecular flexibility index (Phi) is 5.16. The van der Waals surface area contributed by atoms with E-state index >= 15 is 0 Å². The van der Waals surface area contributed by atoms with Gasteiger partial charge in [-0.1, -0.05) is 49.0 Å². The second kappa shape index (κ2) is 7.49. The van der Waals surface area contributed by atoms with E-state index in [0.717, 1.165) is 28.0 Å². The minimum absolute atomic E-state index is 0.0168. The fourth-order valence-corrected chi connectivity index (χ4v) is 3.33. The molecule has 0 saturated heterocycles. The Morgan fingerprint density at radius 1 is 1.12 bits per heavy atom. The normalized spacial score (nSPS) is 10.8. The van der Waals surface area contributed by atoms with Crippen molar-refractivity contribution in [2.45, 2.75) is 25.3 Å². The average molecular weight is 336 g/mol. The van der Waals surface area contributed by atoms with Gasteiger partial charge in [-0.25, -0.2) is 4.98 Å². The number of fused-ring (bicyclic) bond motifs is 1. The lowest BCUT2D eigenvalue weighted by molar-refractivity contribution is -0.113. The third-order valence-electron chi connectivity index (χ3n) is 3.90. The van der Waals surface area contributed by atoms with Crippen LogP contribution in [-0.2, 0) is 11.2 Å². The van der Waals surface area contributed by atoms with Crippen molar-refractivity contribution >= 4 is 34.3 Å². The highest BCUT2D eigenvalue weighted by atomic mass is 32.2. The summed E-state index contributed by atoms with van der Waals surface area (Å²) in [6.45, 7) is 4.19. The minimum atomic E-state index is -0.0168. The Morgan fingerprint density at radius 2 is 1.88 bits per heavy atom. The lowest BCUT2D eigenvalue weighted by atomic mass is 10.1. The molecule has 1 N–H and O–H groups in total. The van der Waals surface area contributed by atoms with Crippen LogP contribution >= 0.6 is 11.8 Å². The fourth-order valence-electron chi connectivity index (χ4n) is 2.55. The summed E-state index contributed by atoms with van der Waals surface area (Å²) in [5.74, 6) is 0.331. The number of pyridine rings is 1. The molecule has 0 bridgehead atoms. The van der Waals surface area contributed by atoms with Crippen molar-refractivity contribution in [1.29, 1.82) is 0 Å². The lowest BCUT2D eigenvalue weighted by Gasteiger charge is -2.07. The van der Waals surface area contributed by atoms with E-state index in [4.69, 9.17) is 0 Å². The number of hydrogen-bond acceptors (Lipinski definition) is 3. The zero-order chi connectivity index (χ0) is 16.9. The number of para-hydroxylation sites is 1. The number of carbonyl (C=O) groups excluding carboxylic acids is 1. The molecule has 4 heteroatoms. The standard InChI is InChI=1S/C20H20N2OS/c1-3-15-8-10-16(11-9-15)21-19(23)13-24-20-12-14(2)17-6-4-5-7-18(17)22-20/h4-12H,3,13H2,1-2H3,(H,21,23). The predicted octanol–water partition coefficient (Wildman–Crippen LogP) is 4.84. The summed E-state index contributed by atoms with van der Waals surface area (Å²) in [6, 6.07) is 18.1. The van der Waals surface area contributed by atoms with E-state index in [1.165, 1.54) is 22.9 Å². The van der Waals surface area contributed by atoms with Crippen molar-refractivity contribution in [1.82, 2.24) is 4.98 Å². The number of amides is 1. The van der Waals surface area contributed by atoms with Crippen LogP contribution in [0.25, 0.3) is 10.9 Å². The number of anilines is 1. The Hall–Kier alpha value is -2.33. The quantitative estimate of drug-likeness (QED) is 0.678. The zero-order valence-electron chi connectivity index (χ0n) is 13.9. The van der Waals surface area contributed by atoms with Crippen LogP contribution in [0.2, 0.25) is 0 Å². The van der Waals surface area contributed by atoms with Gasteiger partial charge in [-0.3, -0.25) is 4.79 Å². The monoisotopic (exact) mass is 336 g/mol. The molecule has 122 valence electrons. The molecule has 0 atom stereocenters. The van der Waals surface area contributed by atoms with Crippen molar-refractivity contribution in [2.75, 3.05) is 11.1 Å². The first-order chi connectivity index (χ1) is 11.7. The van der Waals surface area contributed by atoms with Crippen molar-refractivity contribution in [3.8, 4) is 0 Å². The molecule has 0 radical (unpaired) electrons. The van der Waals surface area contributed by atoms with Gasteiger partial charge < -0.3 is 5.32 Å². The largest absolute Gasteiger partial charge is 0.325 e. The molecule has 1 aromatic heterocycles.